The normalized spacial score (nSPS) is 15.7. The van der Waals surface area contributed by atoms with Gasteiger partial charge in [0.2, 0.25) is 5.91 Å². The van der Waals surface area contributed by atoms with E-state index in [0.29, 0.717) is 0 Å². The van der Waals surface area contributed by atoms with Gasteiger partial charge in [-0.15, -0.1) is 0 Å². The molecule has 24 heavy (non-hydrogen) atoms. The van der Waals surface area contributed by atoms with Crippen LogP contribution in [0.1, 0.15) is 31.0 Å². The maximum atomic E-state index is 12.9. The SMILES string of the molecule is COc1ccccc1[C@@H](C)N[C@H](C)C(=O)N1CCc2ccccc21. The molecule has 0 radical (unpaired) electrons. The molecule has 0 saturated heterocycles. The van der Waals surface area contributed by atoms with Crippen LogP contribution in [0.2, 0.25) is 0 Å². The number of hydrogen-bond acceptors (Lipinski definition) is 3. The number of hydrogen-bond donors (Lipinski definition) is 1. The van der Waals surface area contributed by atoms with Crippen molar-refractivity contribution in [1.29, 1.82) is 0 Å². The Morgan fingerprint density at radius 1 is 1.12 bits per heavy atom. The van der Waals surface area contributed by atoms with Crippen molar-refractivity contribution >= 4 is 11.6 Å². The largest absolute Gasteiger partial charge is 0.496 e. The first-order chi connectivity index (χ1) is 11.6. The van der Waals surface area contributed by atoms with Gasteiger partial charge in [-0.2, -0.15) is 0 Å². The van der Waals surface area contributed by atoms with Crippen LogP contribution >= 0.6 is 0 Å². The van der Waals surface area contributed by atoms with Crippen LogP contribution in [-0.4, -0.2) is 25.6 Å². The summed E-state index contributed by atoms with van der Waals surface area (Å²) in [7, 11) is 1.67. The lowest BCUT2D eigenvalue weighted by Crippen LogP contribution is -2.45. The molecular weight excluding hydrogens is 300 g/mol. The summed E-state index contributed by atoms with van der Waals surface area (Å²) in [5.74, 6) is 0.949. The molecule has 0 bridgehead atoms. The molecule has 126 valence electrons. The standard InChI is InChI=1S/C20H24N2O2/c1-14(17-9-5-7-11-19(17)24-3)21-15(2)20(23)22-13-12-16-8-4-6-10-18(16)22/h4-11,14-15,21H,12-13H2,1-3H3/t14-,15-/m1/s1. The average Bonchev–Trinajstić information content (AvgIpc) is 3.04. The molecule has 0 saturated carbocycles. The van der Waals surface area contributed by atoms with Gasteiger partial charge in [0.25, 0.3) is 0 Å². The van der Waals surface area contributed by atoms with E-state index in [2.05, 4.69) is 18.3 Å². The zero-order chi connectivity index (χ0) is 17.1. The van der Waals surface area contributed by atoms with Crippen molar-refractivity contribution < 1.29 is 9.53 Å². The summed E-state index contributed by atoms with van der Waals surface area (Å²) in [6.45, 7) is 4.74. The third-order valence-electron chi connectivity index (χ3n) is 4.63. The molecule has 2 aromatic carbocycles. The van der Waals surface area contributed by atoms with Crippen molar-refractivity contribution in [2.24, 2.45) is 0 Å². The van der Waals surface area contributed by atoms with Crippen molar-refractivity contribution in [2.75, 3.05) is 18.6 Å². The Balaban J connectivity index is 1.71. The number of anilines is 1. The van der Waals surface area contributed by atoms with E-state index in [0.717, 1.165) is 30.0 Å². The molecule has 4 heteroatoms. The van der Waals surface area contributed by atoms with E-state index in [1.54, 1.807) is 7.11 Å². The van der Waals surface area contributed by atoms with Crippen LogP contribution in [0.4, 0.5) is 5.69 Å². The molecule has 0 aromatic heterocycles. The van der Waals surface area contributed by atoms with Gasteiger partial charge in [0.1, 0.15) is 5.75 Å². The van der Waals surface area contributed by atoms with Crippen molar-refractivity contribution in [1.82, 2.24) is 5.32 Å². The van der Waals surface area contributed by atoms with E-state index in [1.165, 1.54) is 5.56 Å². The van der Waals surface area contributed by atoms with Crippen LogP contribution in [0.15, 0.2) is 48.5 Å². The third kappa shape index (κ3) is 3.15. The van der Waals surface area contributed by atoms with Crippen LogP contribution in [0.5, 0.6) is 5.75 Å². The molecule has 1 heterocycles. The van der Waals surface area contributed by atoms with Crippen LogP contribution in [0.3, 0.4) is 0 Å². The van der Waals surface area contributed by atoms with Gasteiger partial charge in [-0.1, -0.05) is 36.4 Å². The Morgan fingerprint density at radius 2 is 1.83 bits per heavy atom. The highest BCUT2D eigenvalue weighted by Crippen LogP contribution is 2.29. The minimum atomic E-state index is -0.268. The monoisotopic (exact) mass is 324 g/mol. The number of para-hydroxylation sites is 2. The minimum Gasteiger partial charge on any atom is -0.496 e. The first kappa shape index (κ1) is 16.5. The lowest BCUT2D eigenvalue weighted by molar-refractivity contribution is -0.120. The fraction of sp³-hybridized carbons (Fsp3) is 0.350. The lowest BCUT2D eigenvalue weighted by Gasteiger charge is -2.26. The second-order valence-electron chi connectivity index (χ2n) is 6.22. The molecular formula is C20H24N2O2. The topological polar surface area (TPSA) is 41.6 Å². The minimum absolute atomic E-state index is 0.0259. The molecule has 0 fully saturated rings. The number of rotatable bonds is 5. The van der Waals surface area contributed by atoms with Crippen molar-refractivity contribution in [3.8, 4) is 5.75 Å². The van der Waals surface area contributed by atoms with Crippen molar-refractivity contribution in [2.45, 2.75) is 32.4 Å². The Kier molecular flexibility index (Phi) is 4.86. The number of fused-ring (bicyclic) bond motifs is 1. The zero-order valence-corrected chi connectivity index (χ0v) is 14.5. The summed E-state index contributed by atoms with van der Waals surface area (Å²) in [6, 6.07) is 15.8. The van der Waals surface area contributed by atoms with Crippen LogP contribution in [0.25, 0.3) is 0 Å². The van der Waals surface area contributed by atoms with Crippen molar-refractivity contribution in [3.63, 3.8) is 0 Å². The van der Waals surface area contributed by atoms with Crippen molar-refractivity contribution in [3.05, 3.63) is 59.7 Å². The highest BCUT2D eigenvalue weighted by Gasteiger charge is 2.28. The van der Waals surface area contributed by atoms with E-state index in [-0.39, 0.29) is 18.0 Å². The van der Waals surface area contributed by atoms with E-state index < -0.39 is 0 Å². The van der Waals surface area contributed by atoms with Gasteiger partial charge in [0.15, 0.2) is 0 Å². The summed E-state index contributed by atoms with van der Waals surface area (Å²) in [4.78, 5) is 14.8. The van der Waals surface area contributed by atoms with E-state index >= 15 is 0 Å². The first-order valence-corrected chi connectivity index (χ1v) is 8.40. The van der Waals surface area contributed by atoms with Crippen LogP contribution < -0.4 is 15.0 Å². The van der Waals surface area contributed by atoms with Gasteiger partial charge in [0.05, 0.1) is 13.2 Å². The van der Waals surface area contributed by atoms with Gasteiger partial charge >= 0.3 is 0 Å². The number of carbonyl (C=O) groups excluding carboxylic acids is 1. The molecule has 3 rings (SSSR count). The smallest absolute Gasteiger partial charge is 0.243 e. The maximum absolute atomic E-state index is 12.9. The predicted octanol–water partition coefficient (Wildman–Crippen LogP) is 3.32. The van der Waals surface area contributed by atoms with Crippen LogP contribution in [0, 0.1) is 0 Å². The average molecular weight is 324 g/mol. The summed E-state index contributed by atoms with van der Waals surface area (Å²) in [5, 5.41) is 3.41. The van der Waals surface area contributed by atoms with E-state index in [1.807, 2.05) is 54.3 Å². The highest BCUT2D eigenvalue weighted by molar-refractivity contribution is 5.98. The quantitative estimate of drug-likeness (QED) is 0.917. The van der Waals surface area contributed by atoms with E-state index in [9.17, 15) is 4.79 Å². The second kappa shape index (κ2) is 7.05. The lowest BCUT2D eigenvalue weighted by atomic mass is 10.1. The molecule has 0 unspecified atom stereocenters. The molecule has 0 aliphatic carbocycles. The molecule has 1 amide bonds. The number of ether oxygens (including phenoxy) is 1. The van der Waals surface area contributed by atoms with Crippen LogP contribution in [-0.2, 0) is 11.2 Å². The number of amides is 1. The molecule has 1 aliphatic rings. The number of nitrogens with one attached hydrogen (secondary N) is 1. The number of nitrogens with zero attached hydrogens (tertiary/aromatic N) is 1. The predicted molar refractivity (Wildman–Crippen MR) is 96.5 cm³/mol. The maximum Gasteiger partial charge on any atom is 0.243 e. The Labute approximate surface area is 143 Å². The molecule has 4 nitrogen and oxygen atoms in total. The molecule has 0 spiro atoms. The highest BCUT2D eigenvalue weighted by atomic mass is 16.5. The number of carbonyl (C=O) groups is 1. The molecule has 1 aliphatic heterocycles. The first-order valence-electron chi connectivity index (χ1n) is 8.40. The van der Waals surface area contributed by atoms with E-state index in [4.69, 9.17) is 4.74 Å². The van der Waals surface area contributed by atoms with Gasteiger partial charge in [0, 0.05) is 23.8 Å². The Morgan fingerprint density at radius 3 is 2.62 bits per heavy atom. The molecule has 2 aromatic rings. The van der Waals surface area contributed by atoms with Gasteiger partial charge in [-0.25, -0.2) is 0 Å². The number of benzene rings is 2. The van der Waals surface area contributed by atoms with Gasteiger partial charge in [-0.05, 0) is 38.0 Å². The summed E-state index contributed by atoms with van der Waals surface area (Å²) in [6.07, 6.45) is 0.927. The Bertz CT molecular complexity index is 729. The van der Waals surface area contributed by atoms with Gasteiger partial charge < -0.3 is 9.64 Å². The number of methoxy groups -OCH3 is 1. The second-order valence-corrected chi connectivity index (χ2v) is 6.22. The fourth-order valence-electron chi connectivity index (χ4n) is 3.36. The summed E-state index contributed by atoms with van der Waals surface area (Å²) >= 11 is 0. The van der Waals surface area contributed by atoms with Gasteiger partial charge in [-0.3, -0.25) is 10.1 Å². The fourth-order valence-corrected chi connectivity index (χ4v) is 3.36. The summed E-state index contributed by atoms with van der Waals surface area (Å²) in [5.41, 5.74) is 3.35. The summed E-state index contributed by atoms with van der Waals surface area (Å²) < 4.78 is 5.42. The Hall–Kier alpha value is -2.33. The molecule has 1 N–H and O–H groups in total. The zero-order valence-electron chi connectivity index (χ0n) is 14.5. The molecule has 2 atom stereocenters. The third-order valence-corrected chi connectivity index (χ3v) is 4.63.